The highest BCUT2D eigenvalue weighted by Crippen LogP contribution is 2.37. The van der Waals surface area contributed by atoms with Gasteiger partial charge >= 0.3 is 0 Å². The van der Waals surface area contributed by atoms with E-state index in [1.807, 2.05) is 0 Å². The van der Waals surface area contributed by atoms with E-state index in [0.717, 1.165) is 23.6 Å². The quantitative estimate of drug-likeness (QED) is 0.747. The Morgan fingerprint density at radius 2 is 1.78 bits per heavy atom. The molecule has 1 nitrogen and oxygen atoms in total. The molecule has 0 N–H and O–H groups in total. The van der Waals surface area contributed by atoms with Gasteiger partial charge in [-0.2, -0.15) is 12.6 Å². The smallest absolute Gasteiger partial charge is 0.0124 e. The van der Waals surface area contributed by atoms with Crippen LogP contribution >= 0.6 is 12.6 Å². The third-order valence-corrected chi connectivity index (χ3v) is 5.70. The fourth-order valence-electron chi connectivity index (χ4n) is 3.84. The van der Waals surface area contributed by atoms with E-state index in [1.165, 1.54) is 51.6 Å². The summed E-state index contributed by atoms with van der Waals surface area (Å²) in [6.07, 6.45) is 8.80. The molecule has 2 heteroatoms. The molecule has 1 saturated heterocycles. The number of rotatable bonds is 4. The number of hydrogen-bond donors (Lipinski definition) is 1. The SMILES string of the molecule is CC(C)(C)C(CS)CN1CCCC1C1CCCC1. The molecule has 0 amide bonds. The Balaban J connectivity index is 1.94. The molecule has 2 rings (SSSR count). The Labute approximate surface area is 119 Å². The summed E-state index contributed by atoms with van der Waals surface area (Å²) >= 11 is 4.59. The Bertz CT molecular complexity index is 252. The maximum Gasteiger partial charge on any atom is 0.0124 e. The van der Waals surface area contributed by atoms with Crippen molar-refractivity contribution < 1.29 is 0 Å². The first-order valence-corrected chi connectivity index (χ1v) is 8.50. The molecular formula is C16H31NS. The van der Waals surface area contributed by atoms with E-state index in [-0.39, 0.29) is 0 Å². The number of thiol groups is 1. The van der Waals surface area contributed by atoms with Gasteiger partial charge in [0.15, 0.2) is 0 Å². The van der Waals surface area contributed by atoms with E-state index in [1.54, 1.807) is 0 Å². The lowest BCUT2D eigenvalue weighted by atomic mass is 9.81. The predicted octanol–water partition coefficient (Wildman–Crippen LogP) is 4.23. The second kappa shape index (κ2) is 6.17. The van der Waals surface area contributed by atoms with Gasteiger partial charge in [0.25, 0.3) is 0 Å². The highest BCUT2D eigenvalue weighted by molar-refractivity contribution is 7.80. The number of hydrogen-bond acceptors (Lipinski definition) is 2. The molecule has 18 heavy (non-hydrogen) atoms. The predicted molar refractivity (Wildman–Crippen MR) is 83.4 cm³/mol. The van der Waals surface area contributed by atoms with Gasteiger partial charge in [-0.1, -0.05) is 33.6 Å². The average Bonchev–Trinajstić information content (AvgIpc) is 2.94. The summed E-state index contributed by atoms with van der Waals surface area (Å²) in [5.41, 5.74) is 0.393. The topological polar surface area (TPSA) is 3.24 Å². The summed E-state index contributed by atoms with van der Waals surface area (Å²) in [7, 11) is 0. The molecule has 1 saturated carbocycles. The lowest BCUT2D eigenvalue weighted by molar-refractivity contribution is 0.127. The average molecular weight is 269 g/mol. The van der Waals surface area contributed by atoms with Crippen molar-refractivity contribution in [2.75, 3.05) is 18.8 Å². The standard InChI is InChI=1S/C16H31NS/c1-16(2,3)14(12-18)11-17-10-6-9-15(17)13-7-4-5-8-13/h13-15,18H,4-12H2,1-3H3. The molecular weight excluding hydrogens is 238 g/mol. The second-order valence-electron chi connectivity index (χ2n) is 7.49. The van der Waals surface area contributed by atoms with Gasteiger partial charge in [-0.25, -0.2) is 0 Å². The van der Waals surface area contributed by atoms with Gasteiger partial charge in [-0.15, -0.1) is 0 Å². The van der Waals surface area contributed by atoms with Crippen LogP contribution in [0.25, 0.3) is 0 Å². The van der Waals surface area contributed by atoms with Crippen molar-refractivity contribution in [1.29, 1.82) is 0 Å². The van der Waals surface area contributed by atoms with Crippen LogP contribution in [0.3, 0.4) is 0 Å². The van der Waals surface area contributed by atoms with Crippen LogP contribution in [-0.4, -0.2) is 29.8 Å². The normalized spacial score (nSPS) is 29.0. The van der Waals surface area contributed by atoms with Crippen molar-refractivity contribution in [2.45, 2.75) is 65.3 Å². The summed E-state index contributed by atoms with van der Waals surface area (Å²) in [6, 6.07) is 0.900. The summed E-state index contributed by atoms with van der Waals surface area (Å²) in [6.45, 7) is 9.72. The molecule has 1 aliphatic carbocycles. The molecule has 2 atom stereocenters. The molecule has 0 bridgehead atoms. The molecule has 0 radical (unpaired) electrons. The molecule has 1 aliphatic heterocycles. The van der Waals surface area contributed by atoms with Crippen LogP contribution in [0.15, 0.2) is 0 Å². The van der Waals surface area contributed by atoms with Gasteiger partial charge in [0.1, 0.15) is 0 Å². The van der Waals surface area contributed by atoms with E-state index in [0.29, 0.717) is 5.41 Å². The number of likely N-dealkylation sites (tertiary alicyclic amines) is 1. The van der Waals surface area contributed by atoms with Crippen LogP contribution in [0.2, 0.25) is 0 Å². The molecule has 0 spiro atoms. The number of nitrogens with zero attached hydrogens (tertiary/aromatic N) is 1. The molecule has 0 aromatic rings. The van der Waals surface area contributed by atoms with Crippen molar-refractivity contribution in [2.24, 2.45) is 17.3 Å². The first-order chi connectivity index (χ1) is 8.52. The minimum absolute atomic E-state index is 0.393. The molecule has 0 aromatic carbocycles. The Hall–Kier alpha value is 0.310. The maximum absolute atomic E-state index is 4.59. The third-order valence-electron chi connectivity index (χ3n) is 5.26. The fraction of sp³-hybridized carbons (Fsp3) is 1.00. The molecule has 106 valence electrons. The van der Waals surface area contributed by atoms with Crippen molar-refractivity contribution in [3.8, 4) is 0 Å². The van der Waals surface area contributed by atoms with Gasteiger partial charge in [0.2, 0.25) is 0 Å². The van der Waals surface area contributed by atoms with Crippen molar-refractivity contribution in [3.05, 3.63) is 0 Å². The monoisotopic (exact) mass is 269 g/mol. The van der Waals surface area contributed by atoms with Gasteiger partial charge < -0.3 is 0 Å². The summed E-state index contributed by atoms with van der Waals surface area (Å²) < 4.78 is 0. The highest BCUT2D eigenvalue weighted by atomic mass is 32.1. The highest BCUT2D eigenvalue weighted by Gasteiger charge is 2.35. The van der Waals surface area contributed by atoms with E-state index in [9.17, 15) is 0 Å². The van der Waals surface area contributed by atoms with Crippen molar-refractivity contribution in [1.82, 2.24) is 4.90 Å². The summed E-state index contributed by atoms with van der Waals surface area (Å²) in [5.74, 6) is 2.76. The molecule has 0 aromatic heterocycles. The zero-order chi connectivity index (χ0) is 13.2. The largest absolute Gasteiger partial charge is 0.300 e. The minimum Gasteiger partial charge on any atom is -0.300 e. The maximum atomic E-state index is 4.59. The zero-order valence-electron chi connectivity index (χ0n) is 12.5. The van der Waals surface area contributed by atoms with Gasteiger partial charge in [0.05, 0.1) is 0 Å². The molecule has 1 heterocycles. The van der Waals surface area contributed by atoms with Crippen molar-refractivity contribution >= 4 is 12.6 Å². The van der Waals surface area contributed by atoms with E-state index in [2.05, 4.69) is 38.3 Å². The first-order valence-electron chi connectivity index (χ1n) is 7.87. The zero-order valence-corrected chi connectivity index (χ0v) is 13.4. The Kier molecular flexibility index (Phi) is 5.05. The fourth-order valence-corrected chi connectivity index (χ4v) is 4.51. The van der Waals surface area contributed by atoms with Crippen LogP contribution in [0.5, 0.6) is 0 Å². The summed E-state index contributed by atoms with van der Waals surface area (Å²) in [4.78, 5) is 2.81. The van der Waals surface area contributed by atoms with Crippen LogP contribution in [-0.2, 0) is 0 Å². The Morgan fingerprint density at radius 3 is 2.33 bits per heavy atom. The van der Waals surface area contributed by atoms with Gasteiger partial charge in [0, 0.05) is 12.6 Å². The van der Waals surface area contributed by atoms with E-state index in [4.69, 9.17) is 0 Å². The Morgan fingerprint density at radius 1 is 1.11 bits per heavy atom. The van der Waals surface area contributed by atoms with Crippen LogP contribution in [0, 0.1) is 17.3 Å². The lowest BCUT2D eigenvalue weighted by Crippen LogP contribution is -2.41. The van der Waals surface area contributed by atoms with Gasteiger partial charge in [-0.05, 0) is 55.2 Å². The first kappa shape index (κ1) is 14.7. The van der Waals surface area contributed by atoms with Crippen LogP contribution < -0.4 is 0 Å². The van der Waals surface area contributed by atoms with Gasteiger partial charge in [-0.3, -0.25) is 4.90 Å². The van der Waals surface area contributed by atoms with Crippen LogP contribution in [0.4, 0.5) is 0 Å². The van der Waals surface area contributed by atoms with Crippen molar-refractivity contribution in [3.63, 3.8) is 0 Å². The second-order valence-corrected chi connectivity index (χ2v) is 7.86. The van der Waals surface area contributed by atoms with E-state index >= 15 is 0 Å². The molecule has 2 unspecified atom stereocenters. The van der Waals surface area contributed by atoms with E-state index < -0.39 is 0 Å². The third kappa shape index (κ3) is 3.45. The summed E-state index contributed by atoms with van der Waals surface area (Å²) in [5, 5.41) is 0. The molecule has 2 aliphatic rings. The van der Waals surface area contributed by atoms with Crippen LogP contribution in [0.1, 0.15) is 59.3 Å². The minimum atomic E-state index is 0.393. The lowest BCUT2D eigenvalue weighted by Gasteiger charge is -2.37. The molecule has 2 fully saturated rings.